The average Bonchev–Trinajstić information content (AvgIpc) is 2.94. The lowest BCUT2D eigenvalue weighted by Crippen LogP contribution is -2.42. The van der Waals surface area contributed by atoms with Gasteiger partial charge in [0.1, 0.15) is 29.9 Å². The molecule has 2 aromatic rings. The first-order chi connectivity index (χ1) is 11.3. The number of hydrogen-bond acceptors (Lipinski definition) is 5. The summed E-state index contributed by atoms with van der Waals surface area (Å²) >= 11 is 0. The molecular formula is C19H26N2O3. The number of rotatable bonds is 7. The molecule has 0 aliphatic rings. The van der Waals surface area contributed by atoms with Crippen molar-refractivity contribution in [1.82, 2.24) is 10.5 Å². The van der Waals surface area contributed by atoms with Crippen LogP contribution in [0, 0.1) is 6.92 Å². The lowest BCUT2D eigenvalue weighted by Gasteiger charge is -2.23. The first-order valence-corrected chi connectivity index (χ1v) is 8.10. The number of aliphatic hydroxyl groups is 1. The van der Waals surface area contributed by atoms with Crippen molar-refractivity contribution >= 4 is 12.2 Å². The molecule has 1 atom stereocenters. The van der Waals surface area contributed by atoms with E-state index in [0.29, 0.717) is 6.54 Å². The van der Waals surface area contributed by atoms with Gasteiger partial charge < -0.3 is 19.7 Å². The van der Waals surface area contributed by atoms with Crippen LogP contribution in [-0.2, 0) is 0 Å². The second-order valence-electron chi connectivity index (χ2n) is 6.83. The maximum atomic E-state index is 10.0. The van der Waals surface area contributed by atoms with Gasteiger partial charge in [0.15, 0.2) is 0 Å². The Balaban J connectivity index is 1.95. The van der Waals surface area contributed by atoms with Gasteiger partial charge in [-0.05, 0) is 45.9 Å². The molecule has 2 N–H and O–H groups in total. The fourth-order valence-corrected chi connectivity index (χ4v) is 2.06. The molecule has 0 bridgehead atoms. The van der Waals surface area contributed by atoms with E-state index < -0.39 is 6.10 Å². The molecular weight excluding hydrogens is 304 g/mol. The number of β-amino-alcohol motifs (C(OH)–C–C–N with tert-alkyl or cyclic N) is 1. The minimum atomic E-state index is -0.570. The average molecular weight is 330 g/mol. The Labute approximate surface area is 143 Å². The van der Waals surface area contributed by atoms with Crippen LogP contribution in [0.5, 0.6) is 5.75 Å². The topological polar surface area (TPSA) is 67.5 Å². The van der Waals surface area contributed by atoms with Crippen LogP contribution in [0.15, 0.2) is 34.9 Å². The lowest BCUT2D eigenvalue weighted by molar-refractivity contribution is 0.0999. The number of para-hydroxylation sites is 1. The number of aliphatic hydroxyl groups excluding tert-OH is 1. The minimum absolute atomic E-state index is 0.0304. The van der Waals surface area contributed by atoms with Crippen LogP contribution in [0.2, 0.25) is 0 Å². The normalized spacial score (nSPS) is 13.4. The van der Waals surface area contributed by atoms with Gasteiger partial charge in [-0.2, -0.15) is 0 Å². The highest BCUT2D eigenvalue weighted by Gasteiger charge is 2.13. The van der Waals surface area contributed by atoms with Crippen molar-refractivity contribution in [3.05, 3.63) is 47.3 Å². The van der Waals surface area contributed by atoms with Gasteiger partial charge >= 0.3 is 0 Å². The zero-order valence-corrected chi connectivity index (χ0v) is 14.7. The summed E-state index contributed by atoms with van der Waals surface area (Å²) in [5, 5.41) is 17.2. The largest absolute Gasteiger partial charge is 0.490 e. The first kappa shape index (κ1) is 18.2. The Kier molecular flexibility index (Phi) is 6.17. The number of aromatic nitrogens is 1. The van der Waals surface area contributed by atoms with Gasteiger partial charge in [-0.3, -0.25) is 0 Å². The van der Waals surface area contributed by atoms with Crippen LogP contribution in [0.3, 0.4) is 0 Å². The third-order valence-electron chi connectivity index (χ3n) is 3.30. The molecule has 5 nitrogen and oxygen atoms in total. The highest BCUT2D eigenvalue weighted by molar-refractivity contribution is 5.71. The summed E-state index contributed by atoms with van der Waals surface area (Å²) in [6, 6.07) is 9.56. The molecule has 0 aliphatic carbocycles. The van der Waals surface area contributed by atoms with E-state index in [1.54, 1.807) is 0 Å². The van der Waals surface area contributed by atoms with E-state index in [0.717, 1.165) is 22.8 Å². The molecule has 0 amide bonds. The third kappa shape index (κ3) is 6.18. The van der Waals surface area contributed by atoms with Crippen molar-refractivity contribution in [2.45, 2.75) is 39.3 Å². The number of nitrogens with zero attached hydrogens (tertiary/aromatic N) is 1. The van der Waals surface area contributed by atoms with E-state index in [-0.39, 0.29) is 12.1 Å². The highest BCUT2D eigenvalue weighted by atomic mass is 16.5. The quantitative estimate of drug-likeness (QED) is 0.815. The Bertz CT molecular complexity index is 671. The fraction of sp³-hybridized carbons (Fsp3) is 0.421. The molecule has 1 heterocycles. The summed E-state index contributed by atoms with van der Waals surface area (Å²) in [4.78, 5) is 0. The summed E-state index contributed by atoms with van der Waals surface area (Å²) < 4.78 is 10.8. The predicted octanol–water partition coefficient (Wildman–Crippen LogP) is 3.28. The molecule has 2 rings (SSSR count). The number of aryl methyl sites for hydroxylation is 1. The number of nitrogens with one attached hydrogen (secondary N) is 1. The van der Waals surface area contributed by atoms with Crippen LogP contribution in [0.25, 0.3) is 12.2 Å². The summed E-state index contributed by atoms with van der Waals surface area (Å²) in [7, 11) is 0. The molecule has 130 valence electrons. The van der Waals surface area contributed by atoms with Crippen molar-refractivity contribution in [3.63, 3.8) is 0 Å². The number of benzene rings is 1. The van der Waals surface area contributed by atoms with Crippen LogP contribution in [0.1, 0.15) is 37.8 Å². The van der Waals surface area contributed by atoms with Gasteiger partial charge in [0.05, 0.1) is 0 Å². The van der Waals surface area contributed by atoms with E-state index in [4.69, 9.17) is 9.26 Å². The molecule has 0 fully saturated rings. The predicted molar refractivity (Wildman–Crippen MR) is 95.9 cm³/mol. The molecule has 1 aromatic heterocycles. The summed E-state index contributed by atoms with van der Waals surface area (Å²) in [6.45, 7) is 8.76. The molecule has 1 aromatic carbocycles. The van der Waals surface area contributed by atoms with Gasteiger partial charge in [-0.1, -0.05) is 23.4 Å². The van der Waals surface area contributed by atoms with E-state index in [1.165, 1.54) is 0 Å². The molecule has 5 heteroatoms. The van der Waals surface area contributed by atoms with Crippen LogP contribution in [-0.4, -0.2) is 35.1 Å². The van der Waals surface area contributed by atoms with Gasteiger partial charge in [-0.15, -0.1) is 0 Å². The van der Waals surface area contributed by atoms with Crippen LogP contribution in [0.4, 0.5) is 0 Å². The third-order valence-corrected chi connectivity index (χ3v) is 3.30. The maximum absolute atomic E-state index is 10.0. The molecule has 0 saturated carbocycles. The summed E-state index contributed by atoms with van der Waals surface area (Å²) in [5.41, 5.74) is 1.66. The Morgan fingerprint density at radius 2 is 2.04 bits per heavy atom. The van der Waals surface area contributed by atoms with Crippen molar-refractivity contribution in [2.75, 3.05) is 13.2 Å². The monoisotopic (exact) mass is 330 g/mol. The van der Waals surface area contributed by atoms with Gasteiger partial charge in [0.2, 0.25) is 0 Å². The second-order valence-corrected chi connectivity index (χ2v) is 6.83. The maximum Gasteiger partial charge on any atom is 0.134 e. The first-order valence-electron chi connectivity index (χ1n) is 8.10. The van der Waals surface area contributed by atoms with E-state index in [1.807, 2.05) is 49.4 Å². The number of ether oxygens (including phenoxy) is 1. The molecule has 0 spiro atoms. The van der Waals surface area contributed by atoms with Crippen molar-refractivity contribution in [3.8, 4) is 5.75 Å². The van der Waals surface area contributed by atoms with Crippen molar-refractivity contribution < 1.29 is 14.4 Å². The zero-order valence-electron chi connectivity index (χ0n) is 14.7. The smallest absolute Gasteiger partial charge is 0.134 e. The van der Waals surface area contributed by atoms with E-state index in [2.05, 4.69) is 31.2 Å². The molecule has 0 radical (unpaired) electrons. The Hall–Kier alpha value is -2.11. The molecule has 0 saturated heterocycles. The number of hydrogen-bond donors (Lipinski definition) is 2. The SMILES string of the molecule is Cc1cc(/C=C\c2ccccc2OCC(O)CNC(C)(C)C)no1. The second kappa shape index (κ2) is 8.13. The molecule has 0 aliphatic heterocycles. The van der Waals surface area contributed by atoms with Gasteiger partial charge in [0, 0.05) is 23.7 Å². The highest BCUT2D eigenvalue weighted by Crippen LogP contribution is 2.21. The summed E-state index contributed by atoms with van der Waals surface area (Å²) in [6.07, 6.45) is 3.22. The van der Waals surface area contributed by atoms with Crippen LogP contribution < -0.4 is 10.1 Å². The molecule has 1 unspecified atom stereocenters. The van der Waals surface area contributed by atoms with Gasteiger partial charge in [0.25, 0.3) is 0 Å². The zero-order chi connectivity index (χ0) is 17.6. The van der Waals surface area contributed by atoms with E-state index >= 15 is 0 Å². The molecule has 24 heavy (non-hydrogen) atoms. The Morgan fingerprint density at radius 1 is 1.29 bits per heavy atom. The lowest BCUT2D eigenvalue weighted by atomic mass is 10.1. The minimum Gasteiger partial charge on any atom is -0.490 e. The summed E-state index contributed by atoms with van der Waals surface area (Å²) in [5.74, 6) is 1.50. The standard InChI is InChI=1S/C19H26N2O3/c1-14-11-16(21-24-14)10-9-15-7-5-6-8-18(15)23-13-17(22)12-20-19(2,3)4/h5-11,17,20,22H,12-13H2,1-4H3/b10-9-. The fourth-order valence-electron chi connectivity index (χ4n) is 2.06. The van der Waals surface area contributed by atoms with Crippen molar-refractivity contribution in [2.24, 2.45) is 0 Å². The van der Waals surface area contributed by atoms with Crippen molar-refractivity contribution in [1.29, 1.82) is 0 Å². The van der Waals surface area contributed by atoms with Crippen LogP contribution >= 0.6 is 0 Å². The Morgan fingerprint density at radius 3 is 2.71 bits per heavy atom. The van der Waals surface area contributed by atoms with E-state index in [9.17, 15) is 5.11 Å². The van der Waals surface area contributed by atoms with Gasteiger partial charge in [-0.25, -0.2) is 0 Å².